The van der Waals surface area contributed by atoms with E-state index >= 15 is 0 Å². The van der Waals surface area contributed by atoms with Crippen LogP contribution in [0.5, 0.6) is 0 Å². The first-order valence-corrected chi connectivity index (χ1v) is 8.28. The second-order valence-electron chi connectivity index (χ2n) is 5.64. The lowest BCUT2D eigenvalue weighted by Gasteiger charge is -2.25. The van der Waals surface area contributed by atoms with Crippen molar-refractivity contribution in [1.29, 1.82) is 0 Å². The minimum Gasteiger partial charge on any atom is -0.368 e. The summed E-state index contributed by atoms with van der Waals surface area (Å²) in [6, 6.07) is -0.633. The zero-order valence-electron chi connectivity index (χ0n) is 11.9. The third-order valence-corrected chi connectivity index (χ3v) is 5.37. The molecular formula is C15H20N2O3S. The third kappa shape index (κ3) is 3.01. The Bertz CT molecular complexity index is 472. The molecule has 0 aliphatic carbocycles. The van der Waals surface area contributed by atoms with E-state index in [4.69, 9.17) is 4.74 Å². The van der Waals surface area contributed by atoms with Crippen LogP contribution in [0, 0.1) is 0 Å². The van der Waals surface area contributed by atoms with E-state index < -0.39 is 6.04 Å². The molecule has 6 heteroatoms. The molecule has 0 spiro atoms. The number of hydrogen-bond donors (Lipinski definition) is 1. The van der Waals surface area contributed by atoms with Gasteiger partial charge in [0.05, 0.1) is 6.10 Å². The van der Waals surface area contributed by atoms with Gasteiger partial charge in [-0.15, -0.1) is 18.3 Å². The molecule has 3 heterocycles. The molecule has 3 aliphatic rings. The minimum atomic E-state index is -0.391. The molecule has 0 bridgehead atoms. The van der Waals surface area contributed by atoms with Crippen LogP contribution in [0.3, 0.4) is 0 Å². The highest BCUT2D eigenvalue weighted by Crippen LogP contribution is 2.29. The van der Waals surface area contributed by atoms with Gasteiger partial charge in [0.25, 0.3) is 0 Å². The van der Waals surface area contributed by atoms with Crippen LogP contribution in [-0.4, -0.2) is 53.3 Å². The fraction of sp³-hybridized carbons (Fsp3) is 0.600. The normalized spacial score (nSPS) is 32.3. The number of carbonyl (C=O) groups excluding carboxylic acids is 2. The highest BCUT2D eigenvalue weighted by Gasteiger charge is 2.46. The summed E-state index contributed by atoms with van der Waals surface area (Å²) in [5.41, 5.74) is 0. The molecule has 0 aromatic rings. The molecule has 2 fully saturated rings. The van der Waals surface area contributed by atoms with Crippen LogP contribution in [0.25, 0.3) is 0 Å². The molecule has 4 atom stereocenters. The Morgan fingerprint density at radius 3 is 3.24 bits per heavy atom. The van der Waals surface area contributed by atoms with Crippen molar-refractivity contribution < 1.29 is 14.3 Å². The zero-order valence-corrected chi connectivity index (χ0v) is 12.7. The summed E-state index contributed by atoms with van der Waals surface area (Å²) in [5, 5.41) is 5.59. The van der Waals surface area contributed by atoms with E-state index in [1.54, 1.807) is 22.7 Å². The highest BCUT2D eigenvalue weighted by molar-refractivity contribution is 8.03. The van der Waals surface area contributed by atoms with Crippen LogP contribution in [0.15, 0.2) is 24.1 Å². The van der Waals surface area contributed by atoms with Gasteiger partial charge >= 0.3 is 6.03 Å². The zero-order chi connectivity index (χ0) is 14.8. The van der Waals surface area contributed by atoms with Gasteiger partial charge in [0.2, 0.25) is 0 Å². The first-order valence-electron chi connectivity index (χ1n) is 7.33. The Hall–Kier alpha value is -1.27. The van der Waals surface area contributed by atoms with E-state index in [1.807, 2.05) is 0 Å². The Kier molecular flexibility index (Phi) is 4.35. The second kappa shape index (κ2) is 6.23. The van der Waals surface area contributed by atoms with Gasteiger partial charge in [0, 0.05) is 17.8 Å². The summed E-state index contributed by atoms with van der Waals surface area (Å²) in [7, 11) is 0. The molecule has 0 aromatic heterocycles. The van der Waals surface area contributed by atoms with Crippen molar-refractivity contribution >= 4 is 23.6 Å². The number of nitrogens with one attached hydrogen (secondary N) is 1. The fourth-order valence-corrected chi connectivity index (χ4v) is 4.13. The van der Waals surface area contributed by atoms with E-state index in [9.17, 15) is 9.59 Å². The number of likely N-dealkylation sites (tertiary alicyclic amines) is 1. The summed E-state index contributed by atoms with van der Waals surface area (Å²) < 4.78 is 5.41. The Labute approximate surface area is 128 Å². The molecule has 0 saturated carbocycles. The number of hydrogen-bond acceptors (Lipinski definition) is 4. The summed E-state index contributed by atoms with van der Waals surface area (Å²) in [6.07, 6.45) is 6.45. The molecule has 1 N–H and O–H groups in total. The lowest BCUT2D eigenvalue weighted by Crippen LogP contribution is -2.49. The number of thioether (sulfide) groups is 1. The van der Waals surface area contributed by atoms with Gasteiger partial charge in [-0.2, -0.15) is 0 Å². The number of rotatable bonds is 4. The van der Waals surface area contributed by atoms with Crippen LogP contribution in [-0.2, 0) is 9.53 Å². The average Bonchev–Trinajstić information content (AvgIpc) is 3.17. The summed E-state index contributed by atoms with van der Waals surface area (Å²) >= 11 is 1.79. The Morgan fingerprint density at radius 2 is 2.52 bits per heavy atom. The number of fused-ring (bicyclic) bond motifs is 1. The van der Waals surface area contributed by atoms with Crippen molar-refractivity contribution in [3.05, 3.63) is 24.1 Å². The second-order valence-corrected chi connectivity index (χ2v) is 6.85. The number of ketones is 1. The molecular weight excluding hydrogens is 288 g/mol. The third-order valence-electron chi connectivity index (χ3n) is 4.25. The van der Waals surface area contributed by atoms with Gasteiger partial charge in [-0.1, -0.05) is 12.2 Å². The van der Waals surface area contributed by atoms with Gasteiger partial charge < -0.3 is 15.0 Å². The standard InChI is InChI=1S/C15H20N2O3S/c1-2-10(8-11-4-3-7-21-11)16-15(19)17-6-5-13-14(17)12(18)9-20-13/h2-3,7,10-11,13-14H,1,4-6,8-9H2,(H,16,19)/t10?,11?,13-,14-/m1/s1. The molecule has 3 aliphatic heterocycles. The number of carbonyl (C=O) groups is 2. The smallest absolute Gasteiger partial charge is 0.318 e. The van der Waals surface area contributed by atoms with E-state index in [0.29, 0.717) is 11.8 Å². The van der Waals surface area contributed by atoms with Gasteiger partial charge in [-0.25, -0.2) is 4.79 Å². The predicted molar refractivity (Wildman–Crippen MR) is 82.1 cm³/mol. The molecule has 5 nitrogen and oxygen atoms in total. The van der Waals surface area contributed by atoms with Crippen molar-refractivity contribution in [2.24, 2.45) is 0 Å². The van der Waals surface area contributed by atoms with E-state index in [-0.39, 0.29) is 30.6 Å². The van der Waals surface area contributed by atoms with Gasteiger partial charge in [-0.05, 0) is 24.7 Å². The Balaban J connectivity index is 1.57. The van der Waals surface area contributed by atoms with Crippen molar-refractivity contribution in [2.75, 3.05) is 13.2 Å². The van der Waals surface area contributed by atoms with Crippen molar-refractivity contribution in [3.63, 3.8) is 0 Å². The molecule has 2 saturated heterocycles. The molecule has 0 aromatic carbocycles. The monoisotopic (exact) mass is 308 g/mol. The lowest BCUT2D eigenvalue weighted by molar-refractivity contribution is -0.120. The van der Waals surface area contributed by atoms with Gasteiger partial charge in [-0.3, -0.25) is 4.79 Å². The predicted octanol–water partition coefficient (Wildman–Crippen LogP) is 1.70. The number of Topliss-reactive ketones (excluding diaryl/α,β-unsaturated/α-hetero) is 1. The van der Waals surface area contributed by atoms with E-state index in [2.05, 4.69) is 23.4 Å². The molecule has 21 heavy (non-hydrogen) atoms. The number of amides is 2. The molecule has 2 unspecified atom stereocenters. The van der Waals surface area contributed by atoms with E-state index in [0.717, 1.165) is 19.3 Å². The number of ether oxygens (including phenoxy) is 1. The summed E-state index contributed by atoms with van der Waals surface area (Å²) in [5.74, 6) is 0.0124. The van der Waals surface area contributed by atoms with Crippen LogP contribution in [0.2, 0.25) is 0 Å². The van der Waals surface area contributed by atoms with Crippen LogP contribution in [0.4, 0.5) is 4.79 Å². The van der Waals surface area contributed by atoms with Crippen LogP contribution >= 0.6 is 11.8 Å². The molecule has 114 valence electrons. The number of allylic oxidation sites excluding steroid dienone is 1. The maximum absolute atomic E-state index is 12.4. The van der Waals surface area contributed by atoms with Gasteiger partial charge in [0.15, 0.2) is 5.78 Å². The van der Waals surface area contributed by atoms with Crippen molar-refractivity contribution in [1.82, 2.24) is 10.2 Å². The quantitative estimate of drug-likeness (QED) is 0.803. The summed E-state index contributed by atoms with van der Waals surface area (Å²) in [4.78, 5) is 25.9. The molecule has 3 rings (SSSR count). The van der Waals surface area contributed by atoms with Crippen molar-refractivity contribution in [2.45, 2.75) is 42.7 Å². The first-order chi connectivity index (χ1) is 10.2. The Morgan fingerprint density at radius 1 is 1.67 bits per heavy atom. The lowest BCUT2D eigenvalue weighted by atomic mass is 10.1. The SMILES string of the molecule is C=CC(CC1CC=CS1)NC(=O)N1CC[C@H]2OCC(=O)[C@H]21. The maximum atomic E-state index is 12.4. The average molecular weight is 308 g/mol. The first kappa shape index (κ1) is 14.7. The highest BCUT2D eigenvalue weighted by atomic mass is 32.2. The topological polar surface area (TPSA) is 58.6 Å². The number of urea groups is 1. The van der Waals surface area contributed by atoms with E-state index in [1.165, 1.54) is 0 Å². The van der Waals surface area contributed by atoms with Gasteiger partial charge in [0.1, 0.15) is 12.6 Å². The number of nitrogens with zero attached hydrogens (tertiary/aromatic N) is 1. The van der Waals surface area contributed by atoms with Crippen molar-refractivity contribution in [3.8, 4) is 0 Å². The largest absolute Gasteiger partial charge is 0.368 e. The maximum Gasteiger partial charge on any atom is 0.318 e. The van der Waals surface area contributed by atoms with Crippen LogP contribution < -0.4 is 5.32 Å². The molecule has 2 amide bonds. The molecule has 0 radical (unpaired) electrons. The fourth-order valence-electron chi connectivity index (χ4n) is 3.14. The minimum absolute atomic E-state index is 0.0124. The summed E-state index contributed by atoms with van der Waals surface area (Å²) in [6.45, 7) is 4.52. The van der Waals surface area contributed by atoms with Crippen LogP contribution in [0.1, 0.15) is 19.3 Å².